The van der Waals surface area contributed by atoms with Crippen LogP contribution in [0.15, 0.2) is 35.2 Å². The van der Waals surface area contributed by atoms with Gasteiger partial charge in [-0.3, -0.25) is 4.90 Å². The van der Waals surface area contributed by atoms with E-state index in [2.05, 4.69) is 4.98 Å². The van der Waals surface area contributed by atoms with E-state index in [0.717, 1.165) is 5.69 Å². The Kier molecular flexibility index (Phi) is 4.70. The standard InChI is InChI=1S/C14H16N2O3S/c1-16(7-11-8-20-9-15-11)13(14(18)19-2)10-4-3-5-12(17)6-10/h3-6,8-9,13,17H,7H2,1-2H3/t13-/m1/s1. The molecule has 5 nitrogen and oxygen atoms in total. The molecular weight excluding hydrogens is 276 g/mol. The van der Waals surface area contributed by atoms with Crippen LogP contribution in [0.4, 0.5) is 0 Å². The third-order valence-corrected chi connectivity index (χ3v) is 3.58. The summed E-state index contributed by atoms with van der Waals surface area (Å²) in [4.78, 5) is 18.1. The zero-order chi connectivity index (χ0) is 14.5. The Morgan fingerprint density at radius 2 is 2.35 bits per heavy atom. The molecule has 1 heterocycles. The van der Waals surface area contributed by atoms with Gasteiger partial charge in [0.25, 0.3) is 0 Å². The molecule has 2 rings (SSSR count). The summed E-state index contributed by atoms with van der Waals surface area (Å²) in [7, 11) is 3.18. The molecule has 1 aromatic carbocycles. The lowest BCUT2D eigenvalue weighted by Gasteiger charge is -2.25. The van der Waals surface area contributed by atoms with Crippen molar-refractivity contribution in [2.75, 3.05) is 14.2 Å². The fourth-order valence-electron chi connectivity index (χ4n) is 2.04. The number of carbonyl (C=O) groups excluding carboxylic acids is 1. The highest BCUT2D eigenvalue weighted by atomic mass is 32.1. The first-order chi connectivity index (χ1) is 9.61. The molecule has 0 fully saturated rings. The van der Waals surface area contributed by atoms with E-state index in [1.54, 1.807) is 29.8 Å². The molecule has 106 valence electrons. The van der Waals surface area contributed by atoms with Crippen molar-refractivity contribution in [3.05, 3.63) is 46.4 Å². The number of benzene rings is 1. The van der Waals surface area contributed by atoms with Crippen LogP contribution in [-0.4, -0.2) is 35.1 Å². The van der Waals surface area contributed by atoms with Gasteiger partial charge in [0.05, 0.1) is 18.3 Å². The van der Waals surface area contributed by atoms with Crippen LogP contribution >= 0.6 is 11.3 Å². The number of esters is 1. The molecule has 6 heteroatoms. The number of likely N-dealkylation sites (N-methyl/N-ethyl adjacent to an activating group) is 1. The van der Waals surface area contributed by atoms with Gasteiger partial charge in [-0.25, -0.2) is 9.78 Å². The number of methoxy groups -OCH3 is 1. The molecule has 0 aliphatic carbocycles. The fourth-order valence-corrected chi connectivity index (χ4v) is 2.59. The van der Waals surface area contributed by atoms with Crippen LogP contribution in [0, 0.1) is 0 Å². The molecule has 0 aliphatic heterocycles. The number of rotatable bonds is 5. The van der Waals surface area contributed by atoms with E-state index in [4.69, 9.17) is 4.74 Å². The minimum atomic E-state index is -0.575. The van der Waals surface area contributed by atoms with Crippen LogP contribution in [0.3, 0.4) is 0 Å². The Morgan fingerprint density at radius 3 is 2.95 bits per heavy atom. The number of ether oxygens (including phenoxy) is 1. The number of nitrogens with zero attached hydrogens (tertiary/aromatic N) is 2. The van der Waals surface area contributed by atoms with Crippen LogP contribution in [-0.2, 0) is 16.1 Å². The van der Waals surface area contributed by atoms with E-state index < -0.39 is 6.04 Å². The Balaban J connectivity index is 2.25. The first-order valence-electron chi connectivity index (χ1n) is 6.06. The van der Waals surface area contributed by atoms with Crippen LogP contribution in [0.1, 0.15) is 17.3 Å². The van der Waals surface area contributed by atoms with Crippen molar-refractivity contribution in [3.8, 4) is 5.75 Å². The first-order valence-corrected chi connectivity index (χ1v) is 7.00. The van der Waals surface area contributed by atoms with E-state index in [-0.39, 0.29) is 11.7 Å². The second-order valence-corrected chi connectivity index (χ2v) is 5.13. The predicted molar refractivity (Wildman–Crippen MR) is 76.4 cm³/mol. The normalized spacial score (nSPS) is 12.3. The van der Waals surface area contributed by atoms with Gasteiger partial charge < -0.3 is 9.84 Å². The summed E-state index contributed by atoms with van der Waals surface area (Å²) in [5, 5.41) is 11.5. The fraction of sp³-hybridized carbons (Fsp3) is 0.286. The summed E-state index contributed by atoms with van der Waals surface area (Å²) in [5.41, 5.74) is 3.34. The van der Waals surface area contributed by atoms with E-state index in [1.165, 1.54) is 18.4 Å². The monoisotopic (exact) mass is 292 g/mol. The maximum atomic E-state index is 12.0. The van der Waals surface area contributed by atoms with Gasteiger partial charge in [-0.05, 0) is 24.7 Å². The van der Waals surface area contributed by atoms with Crippen molar-refractivity contribution in [1.82, 2.24) is 9.88 Å². The molecule has 0 amide bonds. The van der Waals surface area contributed by atoms with Crippen molar-refractivity contribution in [2.24, 2.45) is 0 Å². The molecule has 0 radical (unpaired) electrons. The highest BCUT2D eigenvalue weighted by molar-refractivity contribution is 7.07. The summed E-state index contributed by atoms with van der Waals surface area (Å²) in [6.45, 7) is 0.527. The number of carbonyl (C=O) groups is 1. The summed E-state index contributed by atoms with van der Waals surface area (Å²) in [5.74, 6) is -0.244. The predicted octanol–water partition coefficient (Wildman–Crippen LogP) is 2.19. The molecule has 20 heavy (non-hydrogen) atoms. The van der Waals surface area contributed by atoms with Crippen LogP contribution < -0.4 is 0 Å². The Bertz CT molecular complexity index is 572. The van der Waals surface area contributed by atoms with Crippen LogP contribution in [0.2, 0.25) is 0 Å². The van der Waals surface area contributed by atoms with Crippen molar-refractivity contribution >= 4 is 17.3 Å². The zero-order valence-electron chi connectivity index (χ0n) is 11.3. The number of phenolic OH excluding ortho intramolecular Hbond substituents is 1. The van der Waals surface area contributed by atoms with E-state index in [0.29, 0.717) is 12.1 Å². The number of hydrogen-bond acceptors (Lipinski definition) is 6. The van der Waals surface area contributed by atoms with Crippen molar-refractivity contribution < 1.29 is 14.6 Å². The lowest BCUT2D eigenvalue weighted by Crippen LogP contribution is -2.31. The summed E-state index contributed by atoms with van der Waals surface area (Å²) in [6, 6.07) is 6.06. The van der Waals surface area contributed by atoms with Crippen LogP contribution in [0.5, 0.6) is 5.75 Å². The van der Waals surface area contributed by atoms with Gasteiger partial charge in [0.1, 0.15) is 11.8 Å². The summed E-state index contributed by atoms with van der Waals surface area (Å²) in [6.07, 6.45) is 0. The Labute approximate surface area is 121 Å². The van der Waals surface area contributed by atoms with Crippen molar-refractivity contribution in [1.29, 1.82) is 0 Å². The quantitative estimate of drug-likeness (QED) is 0.856. The largest absolute Gasteiger partial charge is 0.508 e. The van der Waals surface area contributed by atoms with Crippen molar-refractivity contribution in [2.45, 2.75) is 12.6 Å². The first kappa shape index (κ1) is 14.5. The minimum Gasteiger partial charge on any atom is -0.508 e. The molecule has 0 unspecified atom stereocenters. The molecular formula is C14H16N2O3S. The van der Waals surface area contributed by atoms with E-state index in [9.17, 15) is 9.90 Å². The number of hydrogen-bond donors (Lipinski definition) is 1. The minimum absolute atomic E-state index is 0.124. The Morgan fingerprint density at radius 1 is 1.55 bits per heavy atom. The molecule has 1 atom stereocenters. The second-order valence-electron chi connectivity index (χ2n) is 4.42. The molecule has 0 saturated heterocycles. The van der Waals surface area contributed by atoms with Crippen molar-refractivity contribution in [3.63, 3.8) is 0 Å². The number of aromatic nitrogens is 1. The van der Waals surface area contributed by atoms with Gasteiger partial charge in [-0.2, -0.15) is 0 Å². The third kappa shape index (κ3) is 3.34. The van der Waals surface area contributed by atoms with Gasteiger partial charge in [-0.15, -0.1) is 11.3 Å². The zero-order valence-corrected chi connectivity index (χ0v) is 12.1. The van der Waals surface area contributed by atoms with Crippen LogP contribution in [0.25, 0.3) is 0 Å². The van der Waals surface area contributed by atoms with Gasteiger partial charge in [0.15, 0.2) is 0 Å². The highest BCUT2D eigenvalue weighted by Gasteiger charge is 2.26. The molecule has 0 saturated carbocycles. The lowest BCUT2D eigenvalue weighted by atomic mass is 10.1. The molecule has 1 N–H and O–H groups in total. The molecule has 0 bridgehead atoms. The molecule has 1 aromatic heterocycles. The number of phenols is 1. The second kappa shape index (κ2) is 6.49. The van der Waals surface area contributed by atoms with E-state index >= 15 is 0 Å². The maximum absolute atomic E-state index is 12.0. The molecule has 2 aromatic rings. The summed E-state index contributed by atoms with van der Waals surface area (Å²) < 4.78 is 4.87. The SMILES string of the molecule is COC(=O)[C@@H](c1cccc(O)c1)N(C)Cc1cscn1. The smallest absolute Gasteiger partial charge is 0.327 e. The average molecular weight is 292 g/mol. The topological polar surface area (TPSA) is 62.7 Å². The maximum Gasteiger partial charge on any atom is 0.327 e. The molecule has 0 spiro atoms. The van der Waals surface area contributed by atoms with Gasteiger partial charge in [-0.1, -0.05) is 12.1 Å². The Hall–Kier alpha value is -1.92. The highest BCUT2D eigenvalue weighted by Crippen LogP contribution is 2.25. The average Bonchev–Trinajstić information content (AvgIpc) is 2.91. The molecule has 0 aliphatic rings. The van der Waals surface area contributed by atoms with Gasteiger partial charge in [0, 0.05) is 11.9 Å². The van der Waals surface area contributed by atoms with Gasteiger partial charge in [0.2, 0.25) is 0 Å². The number of thiazole rings is 1. The third-order valence-electron chi connectivity index (χ3n) is 2.95. The summed E-state index contributed by atoms with van der Waals surface area (Å²) >= 11 is 1.51. The number of aromatic hydroxyl groups is 1. The van der Waals surface area contributed by atoms with Gasteiger partial charge >= 0.3 is 5.97 Å². The lowest BCUT2D eigenvalue weighted by molar-refractivity contribution is -0.147. The van der Waals surface area contributed by atoms with E-state index in [1.807, 2.05) is 17.3 Å².